The van der Waals surface area contributed by atoms with Crippen LogP contribution in [0.3, 0.4) is 0 Å². The minimum Gasteiger partial charge on any atom is -0.384 e. The molecule has 3 aromatic rings. The number of benzene rings is 1. The van der Waals surface area contributed by atoms with Crippen molar-refractivity contribution in [1.82, 2.24) is 14.1 Å². The van der Waals surface area contributed by atoms with Crippen molar-refractivity contribution in [3.63, 3.8) is 0 Å². The van der Waals surface area contributed by atoms with Crippen LogP contribution in [0.1, 0.15) is 13.3 Å². The van der Waals surface area contributed by atoms with Crippen molar-refractivity contribution < 1.29 is 0 Å². The fourth-order valence-corrected chi connectivity index (χ4v) is 3.41. The Balaban J connectivity index is 2.02. The van der Waals surface area contributed by atoms with Gasteiger partial charge in [0.05, 0.1) is 5.69 Å². The summed E-state index contributed by atoms with van der Waals surface area (Å²) in [5.41, 5.74) is 6.75. The first-order valence-corrected chi connectivity index (χ1v) is 9.26. The maximum absolute atomic E-state index is 12.6. The lowest BCUT2D eigenvalue weighted by Crippen LogP contribution is -2.40. The third-order valence-corrected chi connectivity index (χ3v) is 4.90. The van der Waals surface area contributed by atoms with E-state index in [1.807, 2.05) is 19.1 Å². The van der Waals surface area contributed by atoms with E-state index >= 15 is 0 Å². The van der Waals surface area contributed by atoms with Gasteiger partial charge in [-0.25, -0.2) is 9.78 Å². The molecule has 9 heteroatoms. The predicted molar refractivity (Wildman–Crippen MR) is 106 cm³/mol. The first kappa shape index (κ1) is 18.2. The van der Waals surface area contributed by atoms with E-state index in [1.165, 1.54) is 23.0 Å². The molecule has 26 heavy (non-hydrogen) atoms. The van der Waals surface area contributed by atoms with E-state index in [4.69, 9.17) is 17.3 Å². The molecule has 7 nitrogen and oxygen atoms in total. The number of nitrogens with one attached hydrogen (secondary N) is 1. The first-order valence-electron chi connectivity index (χ1n) is 8.00. The zero-order chi connectivity index (χ0) is 18.8. The van der Waals surface area contributed by atoms with Crippen LogP contribution >= 0.6 is 22.9 Å². The summed E-state index contributed by atoms with van der Waals surface area (Å²) >= 11 is 7.23. The van der Waals surface area contributed by atoms with Crippen LogP contribution in [0.25, 0.3) is 11.3 Å². The first-order chi connectivity index (χ1) is 12.4. The average Bonchev–Trinajstić information content (AvgIpc) is 3.07. The zero-order valence-corrected chi connectivity index (χ0v) is 15.9. The van der Waals surface area contributed by atoms with Crippen molar-refractivity contribution in [3.05, 3.63) is 55.5 Å². The average molecular weight is 392 g/mol. The molecule has 0 radical (unpaired) electrons. The maximum Gasteiger partial charge on any atom is 0.332 e. The highest BCUT2D eigenvalue weighted by Crippen LogP contribution is 2.28. The van der Waals surface area contributed by atoms with Gasteiger partial charge in [-0.15, -0.1) is 11.3 Å². The van der Waals surface area contributed by atoms with E-state index in [2.05, 4.69) is 10.3 Å². The summed E-state index contributed by atoms with van der Waals surface area (Å²) in [6.07, 6.45) is 0.724. The summed E-state index contributed by atoms with van der Waals surface area (Å²) in [7, 11) is 1.44. The number of nitrogens with zero attached hydrogens (tertiary/aromatic N) is 3. The Bertz CT molecular complexity index is 1050. The number of hydrogen-bond acceptors (Lipinski definition) is 6. The molecule has 0 fully saturated rings. The molecule has 0 atom stereocenters. The third-order valence-electron chi connectivity index (χ3n) is 3.89. The number of aromatic nitrogens is 3. The van der Waals surface area contributed by atoms with Crippen LogP contribution in [0.2, 0.25) is 5.02 Å². The lowest BCUT2D eigenvalue weighted by molar-refractivity contribution is 0.600. The predicted octanol–water partition coefficient (Wildman–Crippen LogP) is 3.06. The number of anilines is 3. The minimum absolute atomic E-state index is 0.142. The molecule has 1 aromatic carbocycles. The minimum atomic E-state index is -0.455. The van der Waals surface area contributed by atoms with E-state index < -0.39 is 11.2 Å². The van der Waals surface area contributed by atoms with Gasteiger partial charge < -0.3 is 11.1 Å². The number of hydrogen-bond donors (Lipinski definition) is 2. The van der Waals surface area contributed by atoms with E-state index in [0.717, 1.165) is 16.7 Å². The van der Waals surface area contributed by atoms with Crippen molar-refractivity contribution in [2.45, 2.75) is 19.9 Å². The molecule has 0 amide bonds. The Morgan fingerprint density at radius 3 is 2.62 bits per heavy atom. The SMILES string of the molecule is CCCn1c(N)c(-c2csc(Nc3ccc(Cl)cc3)n2)c(=O)n(C)c1=O. The van der Waals surface area contributed by atoms with Gasteiger partial charge in [0, 0.05) is 29.7 Å². The fourth-order valence-electron chi connectivity index (χ4n) is 2.57. The second kappa shape index (κ2) is 7.35. The number of rotatable bonds is 5. The second-order valence-electron chi connectivity index (χ2n) is 5.73. The molecule has 0 saturated heterocycles. The number of halogens is 1. The molecule has 2 heterocycles. The van der Waals surface area contributed by atoms with E-state index in [0.29, 0.717) is 22.4 Å². The Labute approximate surface area is 158 Å². The van der Waals surface area contributed by atoms with Crippen LogP contribution in [-0.4, -0.2) is 14.1 Å². The van der Waals surface area contributed by atoms with Crippen molar-refractivity contribution in [2.24, 2.45) is 7.05 Å². The van der Waals surface area contributed by atoms with Gasteiger partial charge >= 0.3 is 5.69 Å². The van der Waals surface area contributed by atoms with Crippen molar-refractivity contribution in [2.75, 3.05) is 11.1 Å². The van der Waals surface area contributed by atoms with Crippen molar-refractivity contribution in [3.8, 4) is 11.3 Å². The zero-order valence-electron chi connectivity index (χ0n) is 14.3. The van der Waals surface area contributed by atoms with Gasteiger partial charge in [-0.3, -0.25) is 13.9 Å². The van der Waals surface area contributed by atoms with Crippen molar-refractivity contribution >= 4 is 39.6 Å². The largest absolute Gasteiger partial charge is 0.384 e. The van der Waals surface area contributed by atoms with Crippen LogP contribution in [0.15, 0.2) is 39.2 Å². The summed E-state index contributed by atoms with van der Waals surface area (Å²) in [6.45, 7) is 2.37. The summed E-state index contributed by atoms with van der Waals surface area (Å²) in [4.78, 5) is 29.3. The Morgan fingerprint density at radius 2 is 1.96 bits per heavy atom. The van der Waals surface area contributed by atoms with Crippen LogP contribution in [0.5, 0.6) is 0 Å². The normalized spacial score (nSPS) is 10.9. The summed E-state index contributed by atoms with van der Waals surface area (Å²) in [5.74, 6) is 0.142. The molecule has 3 rings (SSSR count). The Morgan fingerprint density at radius 1 is 1.27 bits per heavy atom. The Kier molecular flexibility index (Phi) is 5.15. The Hall–Kier alpha value is -2.58. The highest BCUT2D eigenvalue weighted by atomic mass is 35.5. The van der Waals surface area contributed by atoms with Gasteiger partial charge in [0.15, 0.2) is 5.13 Å². The standard InChI is InChI=1S/C17H18ClN5O2S/c1-3-8-23-14(19)13(15(24)22(2)17(23)25)12-9-26-16(21-12)20-11-6-4-10(18)5-7-11/h4-7,9H,3,8,19H2,1-2H3,(H,20,21). The third kappa shape index (κ3) is 3.38. The summed E-state index contributed by atoms with van der Waals surface area (Å²) < 4.78 is 2.47. The molecule has 0 aliphatic heterocycles. The lowest BCUT2D eigenvalue weighted by Gasteiger charge is -2.13. The molecule has 136 valence electrons. The van der Waals surface area contributed by atoms with Gasteiger partial charge in [-0.1, -0.05) is 18.5 Å². The van der Waals surface area contributed by atoms with Crippen LogP contribution < -0.4 is 22.3 Å². The van der Waals surface area contributed by atoms with Gasteiger partial charge in [0.1, 0.15) is 11.4 Å². The van der Waals surface area contributed by atoms with E-state index in [-0.39, 0.29) is 11.4 Å². The molecule has 3 N–H and O–H groups in total. The monoisotopic (exact) mass is 391 g/mol. The van der Waals surface area contributed by atoms with Gasteiger partial charge in [-0.2, -0.15) is 0 Å². The smallest absolute Gasteiger partial charge is 0.332 e. The molecular formula is C17H18ClN5O2S. The lowest BCUT2D eigenvalue weighted by atomic mass is 10.2. The molecule has 0 spiro atoms. The summed E-state index contributed by atoms with van der Waals surface area (Å²) in [5, 5.41) is 6.15. The molecule has 0 bridgehead atoms. The molecule has 2 aromatic heterocycles. The molecule has 0 aliphatic carbocycles. The highest BCUT2D eigenvalue weighted by Gasteiger charge is 2.19. The molecular weight excluding hydrogens is 374 g/mol. The quantitative estimate of drug-likeness (QED) is 0.697. The molecule has 0 saturated carbocycles. The second-order valence-corrected chi connectivity index (χ2v) is 7.02. The van der Waals surface area contributed by atoms with Crippen LogP contribution in [0.4, 0.5) is 16.6 Å². The highest BCUT2D eigenvalue weighted by molar-refractivity contribution is 7.14. The van der Waals surface area contributed by atoms with Crippen molar-refractivity contribution in [1.29, 1.82) is 0 Å². The van der Waals surface area contributed by atoms with Crippen LogP contribution in [-0.2, 0) is 13.6 Å². The maximum atomic E-state index is 12.6. The summed E-state index contributed by atoms with van der Waals surface area (Å²) in [6, 6.07) is 7.20. The van der Waals surface area contributed by atoms with E-state index in [1.54, 1.807) is 17.5 Å². The fraction of sp³-hybridized carbons (Fsp3) is 0.235. The molecule has 0 aliphatic rings. The number of nitrogen functional groups attached to an aromatic ring is 1. The molecule has 0 unspecified atom stereocenters. The van der Waals surface area contributed by atoms with Gasteiger partial charge in [-0.05, 0) is 30.7 Å². The van der Waals surface area contributed by atoms with Gasteiger partial charge in [0.2, 0.25) is 0 Å². The van der Waals surface area contributed by atoms with Gasteiger partial charge in [0.25, 0.3) is 5.56 Å². The van der Waals surface area contributed by atoms with Crippen LogP contribution in [0, 0.1) is 0 Å². The number of nitrogens with two attached hydrogens (primary N) is 1. The number of thiazole rings is 1. The van der Waals surface area contributed by atoms with E-state index in [9.17, 15) is 9.59 Å². The topological polar surface area (TPSA) is 94.9 Å².